The highest BCUT2D eigenvalue weighted by Crippen LogP contribution is 2.48. The average molecular weight is 1320 g/mol. The van der Waals surface area contributed by atoms with Crippen molar-refractivity contribution in [3.05, 3.63) is 352 Å². The zero-order valence-corrected chi connectivity index (χ0v) is 55.8. The zero-order chi connectivity index (χ0) is 67.5. The lowest BCUT2D eigenvalue weighted by Gasteiger charge is -2.12. The number of fused-ring (bicyclic) bond motifs is 12. The molecule has 102 heavy (non-hydrogen) atoms. The van der Waals surface area contributed by atoms with Gasteiger partial charge in [0.2, 0.25) is 0 Å². The first kappa shape index (κ1) is 59.8. The summed E-state index contributed by atoms with van der Waals surface area (Å²) >= 11 is 1.89. The van der Waals surface area contributed by atoms with E-state index in [1.807, 2.05) is 133 Å². The summed E-state index contributed by atoms with van der Waals surface area (Å²) in [7, 11) is 0. The lowest BCUT2D eigenvalue weighted by molar-refractivity contribution is 0.671. The highest BCUT2D eigenvalue weighted by Gasteiger charge is 2.22. The molecule has 0 radical (unpaired) electrons. The second-order valence-electron chi connectivity index (χ2n) is 25.5. The third-order valence-electron chi connectivity index (χ3n) is 19.5. The van der Waals surface area contributed by atoms with Crippen LogP contribution in [0.1, 0.15) is 0 Å². The molecule has 0 N–H and O–H groups in total. The molecular formula is C94H58N6OS. The molecule has 0 aliphatic heterocycles. The minimum atomic E-state index is 0.628. The molecule has 20 rings (SSSR count). The minimum absolute atomic E-state index is 0.628. The molecule has 8 heteroatoms. The maximum atomic E-state index is 6.90. The molecule has 20 aromatic rings. The van der Waals surface area contributed by atoms with Gasteiger partial charge in [0.15, 0.2) is 34.9 Å². The Balaban J connectivity index is 0.000000141. The molecule has 0 bridgehead atoms. The van der Waals surface area contributed by atoms with Crippen molar-refractivity contribution in [1.82, 2.24) is 29.9 Å². The van der Waals surface area contributed by atoms with Crippen LogP contribution in [0.25, 0.3) is 198 Å². The molecule has 0 saturated carbocycles. The Kier molecular flexibility index (Phi) is 14.9. The van der Waals surface area contributed by atoms with Crippen LogP contribution in [-0.2, 0) is 0 Å². The Hall–Kier alpha value is -13.4. The van der Waals surface area contributed by atoms with Crippen LogP contribution in [0.4, 0.5) is 0 Å². The van der Waals surface area contributed by atoms with E-state index in [2.05, 4.69) is 231 Å². The molecule has 0 unspecified atom stereocenters. The Labute approximate surface area is 591 Å². The number of aromatic nitrogens is 6. The van der Waals surface area contributed by atoms with Crippen LogP contribution in [-0.4, -0.2) is 29.9 Å². The van der Waals surface area contributed by atoms with Gasteiger partial charge in [-0.2, -0.15) is 0 Å². The van der Waals surface area contributed by atoms with Crippen LogP contribution in [0.3, 0.4) is 0 Å². The number of furan rings is 1. The Morgan fingerprint density at radius 2 is 0.451 bits per heavy atom. The summed E-state index contributed by atoms with van der Waals surface area (Å²) in [5.74, 6) is 3.89. The fraction of sp³-hybridized carbons (Fsp3) is 0. The number of benzene rings is 16. The van der Waals surface area contributed by atoms with Crippen LogP contribution < -0.4 is 0 Å². The van der Waals surface area contributed by atoms with Gasteiger partial charge in [-0.25, -0.2) is 29.9 Å². The summed E-state index contributed by atoms with van der Waals surface area (Å²) in [5.41, 5.74) is 16.7. The molecule has 0 atom stereocenters. The SMILES string of the molecule is c1ccc(-c2nc(-c3ccccc3)nc(-c3ccc(-c4cccc5c4oc4c(-c6cc7ccccc7c7ccccc67)cccc45)cc3)n2)cc1.c1ccc(-c2nc(-c3ccccc3)nc(-c3ccc(-c4cccc5c4sc4c(-c6cc7ccccc7c7ccccc67)cccc45)cc3)n2)cc1. The first-order chi connectivity index (χ1) is 50.6. The third-order valence-corrected chi connectivity index (χ3v) is 20.8. The number of nitrogens with zero attached hydrogens (tertiary/aromatic N) is 6. The van der Waals surface area contributed by atoms with E-state index >= 15 is 0 Å². The van der Waals surface area contributed by atoms with Gasteiger partial charge in [0.05, 0.1) is 0 Å². The van der Waals surface area contributed by atoms with Crippen LogP contribution in [0.5, 0.6) is 0 Å². The molecular weight excluding hydrogens is 1260 g/mol. The van der Waals surface area contributed by atoms with Crippen LogP contribution in [0, 0.1) is 0 Å². The van der Waals surface area contributed by atoms with Gasteiger partial charge in [-0.1, -0.05) is 340 Å². The van der Waals surface area contributed by atoms with Gasteiger partial charge in [0, 0.05) is 81.0 Å². The van der Waals surface area contributed by atoms with Crippen molar-refractivity contribution in [1.29, 1.82) is 0 Å². The van der Waals surface area contributed by atoms with Crippen molar-refractivity contribution in [2.24, 2.45) is 0 Å². The maximum absolute atomic E-state index is 6.90. The lowest BCUT2D eigenvalue weighted by atomic mass is 9.92. The summed E-state index contributed by atoms with van der Waals surface area (Å²) in [6.07, 6.45) is 0. The summed E-state index contributed by atoms with van der Waals surface area (Å²) in [4.78, 5) is 29.4. The van der Waals surface area contributed by atoms with Crippen molar-refractivity contribution in [3.63, 3.8) is 0 Å². The molecule has 7 nitrogen and oxygen atoms in total. The first-order valence-corrected chi connectivity index (χ1v) is 35.0. The van der Waals surface area contributed by atoms with Gasteiger partial charge >= 0.3 is 0 Å². The van der Waals surface area contributed by atoms with E-state index in [0.29, 0.717) is 34.9 Å². The standard InChI is InChI=1S/C47H29N3O.C47H29N3S/c2*1-3-13-31(14-4-1)45-48-46(32-15-5-2-6-16-32)50-47(49-45)33-27-25-30(26-28-33)36-21-11-22-39-40-23-12-24-41(44(40)51-43(36)39)42-29-34-17-7-8-18-35(34)37-19-9-10-20-38(37)42/h2*1-29H. The molecule has 0 aliphatic rings. The summed E-state index contributed by atoms with van der Waals surface area (Å²) < 4.78 is 9.49. The Morgan fingerprint density at radius 3 is 0.873 bits per heavy atom. The predicted molar refractivity (Wildman–Crippen MR) is 424 cm³/mol. The summed E-state index contributed by atoms with van der Waals surface area (Å²) in [6, 6.07) is 123. The van der Waals surface area contributed by atoms with Crippen LogP contribution in [0.15, 0.2) is 356 Å². The number of hydrogen-bond acceptors (Lipinski definition) is 8. The molecule has 476 valence electrons. The van der Waals surface area contributed by atoms with Gasteiger partial charge in [0.1, 0.15) is 11.2 Å². The molecule has 4 aromatic heterocycles. The molecule has 0 spiro atoms. The summed E-state index contributed by atoms with van der Waals surface area (Å²) in [6.45, 7) is 0. The predicted octanol–water partition coefficient (Wildman–Crippen LogP) is 25.3. The van der Waals surface area contributed by atoms with E-state index in [1.54, 1.807) is 0 Å². The van der Waals surface area contributed by atoms with E-state index in [0.717, 1.165) is 77.6 Å². The fourth-order valence-corrected chi connectivity index (χ4v) is 15.9. The van der Waals surface area contributed by atoms with Gasteiger partial charge < -0.3 is 4.42 Å². The normalized spacial score (nSPS) is 11.5. The van der Waals surface area contributed by atoms with Crippen molar-refractivity contribution in [2.75, 3.05) is 0 Å². The van der Waals surface area contributed by atoms with Crippen molar-refractivity contribution in [3.8, 4) is 113 Å². The molecule has 0 amide bonds. The number of hydrogen-bond donors (Lipinski definition) is 0. The lowest BCUT2D eigenvalue weighted by Crippen LogP contribution is -2.00. The van der Waals surface area contributed by atoms with Crippen LogP contribution >= 0.6 is 11.3 Å². The number of rotatable bonds is 10. The monoisotopic (exact) mass is 1320 g/mol. The number of para-hydroxylation sites is 2. The average Bonchev–Trinajstić information content (AvgIpc) is 1.39. The molecule has 16 aromatic carbocycles. The van der Waals surface area contributed by atoms with E-state index in [-0.39, 0.29) is 0 Å². The highest BCUT2D eigenvalue weighted by atomic mass is 32.1. The first-order valence-electron chi connectivity index (χ1n) is 34.2. The minimum Gasteiger partial charge on any atom is -0.455 e. The Bertz CT molecular complexity index is 6080. The van der Waals surface area contributed by atoms with E-state index < -0.39 is 0 Å². The topological polar surface area (TPSA) is 90.5 Å². The maximum Gasteiger partial charge on any atom is 0.164 e. The summed E-state index contributed by atoms with van der Waals surface area (Å²) in [5, 5.41) is 14.8. The van der Waals surface area contributed by atoms with E-state index in [4.69, 9.17) is 34.3 Å². The van der Waals surface area contributed by atoms with E-state index in [9.17, 15) is 0 Å². The van der Waals surface area contributed by atoms with Crippen molar-refractivity contribution in [2.45, 2.75) is 0 Å². The van der Waals surface area contributed by atoms with Crippen LogP contribution in [0.2, 0.25) is 0 Å². The zero-order valence-electron chi connectivity index (χ0n) is 55.0. The Morgan fingerprint density at radius 1 is 0.176 bits per heavy atom. The molecule has 4 heterocycles. The molecule has 0 aliphatic carbocycles. The third kappa shape index (κ3) is 10.8. The smallest absolute Gasteiger partial charge is 0.164 e. The quantitative estimate of drug-likeness (QED) is 0.126. The molecule has 0 saturated heterocycles. The van der Waals surface area contributed by atoms with Crippen molar-refractivity contribution >= 4 is 96.5 Å². The second-order valence-corrected chi connectivity index (χ2v) is 26.6. The highest BCUT2D eigenvalue weighted by molar-refractivity contribution is 7.27. The largest absolute Gasteiger partial charge is 0.455 e. The van der Waals surface area contributed by atoms with Gasteiger partial charge in [-0.15, -0.1) is 11.3 Å². The van der Waals surface area contributed by atoms with E-state index in [1.165, 1.54) is 85.5 Å². The van der Waals surface area contributed by atoms with Gasteiger partial charge in [0.25, 0.3) is 0 Å². The fourth-order valence-electron chi connectivity index (χ4n) is 14.5. The second kappa shape index (κ2) is 25.5. The van der Waals surface area contributed by atoms with Gasteiger partial charge in [-0.05, 0) is 83.0 Å². The number of thiophene rings is 1. The molecule has 0 fully saturated rings. The van der Waals surface area contributed by atoms with Gasteiger partial charge in [-0.3, -0.25) is 0 Å². The van der Waals surface area contributed by atoms with Crippen molar-refractivity contribution < 1.29 is 4.42 Å².